The van der Waals surface area contributed by atoms with Crippen molar-refractivity contribution in [3.8, 4) is 11.4 Å². The summed E-state index contributed by atoms with van der Waals surface area (Å²) in [4.78, 5) is 15.6. The molecule has 0 aliphatic rings. The molecule has 0 saturated heterocycles. The molecule has 194 valence electrons. The van der Waals surface area contributed by atoms with Gasteiger partial charge in [-0.05, 0) is 48.5 Å². The van der Waals surface area contributed by atoms with Crippen LogP contribution in [0.25, 0.3) is 22.4 Å². The summed E-state index contributed by atoms with van der Waals surface area (Å²) in [7, 11) is -4.16. The number of aromatic nitrogens is 4. The highest BCUT2D eigenvalue weighted by molar-refractivity contribution is 7.92. The van der Waals surface area contributed by atoms with E-state index in [-0.39, 0.29) is 40.7 Å². The molecule has 0 aliphatic carbocycles. The van der Waals surface area contributed by atoms with Crippen LogP contribution in [0, 0.1) is 0 Å². The Bertz CT molecular complexity index is 1560. The van der Waals surface area contributed by atoms with E-state index in [1.807, 2.05) is 0 Å². The van der Waals surface area contributed by atoms with Crippen molar-refractivity contribution in [2.75, 3.05) is 12.4 Å². The average Bonchev–Trinajstić information content (AvgIpc) is 2.83. The topological polar surface area (TPSA) is 107 Å². The van der Waals surface area contributed by atoms with Crippen molar-refractivity contribution >= 4 is 32.4 Å². The van der Waals surface area contributed by atoms with Crippen molar-refractivity contribution in [1.82, 2.24) is 19.9 Å². The quantitative estimate of drug-likeness (QED) is 0.327. The molecule has 1 aromatic carbocycles. The lowest BCUT2D eigenvalue weighted by Crippen LogP contribution is -2.23. The van der Waals surface area contributed by atoms with Gasteiger partial charge in [-0.1, -0.05) is 0 Å². The summed E-state index contributed by atoms with van der Waals surface area (Å²) in [5.41, 5.74) is -6.77. The monoisotopic (exact) mass is 543 g/mol. The molecule has 3 heterocycles. The third-order valence-electron chi connectivity index (χ3n) is 4.97. The minimum Gasteiger partial charge on any atom is -0.377 e. The number of alkyl halides is 6. The number of hydrogen-bond acceptors (Lipinski definition) is 8. The van der Waals surface area contributed by atoms with Crippen LogP contribution in [0.15, 0.2) is 59.6 Å². The van der Waals surface area contributed by atoms with Crippen molar-refractivity contribution in [2.45, 2.75) is 23.2 Å². The Morgan fingerprint density at radius 2 is 1.62 bits per heavy atom. The third-order valence-corrected chi connectivity index (χ3v) is 6.47. The first-order valence-corrected chi connectivity index (χ1v) is 11.7. The van der Waals surface area contributed by atoms with Crippen LogP contribution >= 0.6 is 0 Å². The van der Waals surface area contributed by atoms with Crippen molar-refractivity contribution in [1.29, 1.82) is 0 Å². The van der Waals surface area contributed by atoms with E-state index < -0.39 is 37.7 Å². The number of nitrogens with one attached hydrogen (secondary N) is 1. The first kappa shape index (κ1) is 26.2. The number of sulfone groups is 1. The van der Waals surface area contributed by atoms with Gasteiger partial charge in [0.2, 0.25) is 0 Å². The zero-order valence-corrected chi connectivity index (χ0v) is 19.4. The average molecular weight is 543 g/mol. The molecule has 3 aromatic heterocycles. The molecule has 0 saturated carbocycles. The standard InChI is InChI=1S/C22H15F6N5O3S/c1-36-11-17-32-19(30-12-4-6-13(7-5-12)37(34,35)22(26,27)28)14-8-9-16(31-20(14)33-17)18-15(21(23,24)25)3-2-10-29-18/h2-10H,11H2,1H3,(H,30,31,32,33). The number of nitrogens with zero attached hydrogens (tertiary/aromatic N) is 4. The zero-order chi connectivity index (χ0) is 27.0. The Balaban J connectivity index is 1.77. The SMILES string of the molecule is COCc1nc(Nc2ccc(S(=O)(=O)C(F)(F)F)cc2)c2ccc(-c3ncccc3C(F)(F)F)nc2n1. The first-order chi connectivity index (χ1) is 17.3. The van der Waals surface area contributed by atoms with E-state index in [0.29, 0.717) is 0 Å². The molecule has 0 unspecified atom stereocenters. The van der Waals surface area contributed by atoms with Crippen molar-refractivity contribution in [3.05, 3.63) is 66.1 Å². The maximum Gasteiger partial charge on any atom is 0.501 e. The molecule has 0 atom stereocenters. The molecule has 0 amide bonds. The van der Waals surface area contributed by atoms with Crippen LogP contribution in [0.4, 0.5) is 37.8 Å². The smallest absolute Gasteiger partial charge is 0.377 e. The van der Waals surface area contributed by atoms with E-state index in [0.717, 1.165) is 36.4 Å². The number of halogens is 6. The molecule has 4 rings (SSSR count). The maximum atomic E-state index is 13.5. The van der Waals surface area contributed by atoms with Crippen molar-refractivity contribution in [2.24, 2.45) is 0 Å². The van der Waals surface area contributed by atoms with Gasteiger partial charge in [-0.2, -0.15) is 26.3 Å². The number of methoxy groups -OCH3 is 1. The molecule has 15 heteroatoms. The van der Waals surface area contributed by atoms with Crippen LogP contribution in [0.2, 0.25) is 0 Å². The Labute approximate surface area is 205 Å². The summed E-state index contributed by atoms with van der Waals surface area (Å²) in [6.45, 7) is -0.0866. The molecular weight excluding hydrogens is 528 g/mol. The minimum absolute atomic E-state index is 0.00269. The number of ether oxygens (including phenoxy) is 1. The van der Waals surface area contributed by atoms with Gasteiger partial charge in [0.15, 0.2) is 11.5 Å². The van der Waals surface area contributed by atoms with Gasteiger partial charge in [0.1, 0.15) is 18.1 Å². The molecule has 1 N–H and O–H groups in total. The zero-order valence-electron chi connectivity index (χ0n) is 18.6. The van der Waals surface area contributed by atoms with Gasteiger partial charge in [-0.25, -0.2) is 23.4 Å². The normalized spacial score (nSPS) is 12.6. The molecule has 0 fully saturated rings. The Morgan fingerprint density at radius 1 is 0.919 bits per heavy atom. The second-order valence-corrected chi connectivity index (χ2v) is 9.43. The van der Waals surface area contributed by atoms with Crippen LogP contribution in [0.5, 0.6) is 0 Å². The summed E-state index contributed by atoms with van der Waals surface area (Å²) in [6, 6.07) is 8.50. The van der Waals surface area contributed by atoms with Crippen molar-refractivity contribution < 1.29 is 39.5 Å². The van der Waals surface area contributed by atoms with Crippen LogP contribution in [-0.4, -0.2) is 41.0 Å². The van der Waals surface area contributed by atoms with E-state index in [4.69, 9.17) is 4.74 Å². The second kappa shape index (κ2) is 9.55. The Kier molecular flexibility index (Phi) is 6.77. The van der Waals surface area contributed by atoms with Crippen LogP contribution in [0.1, 0.15) is 11.4 Å². The number of pyridine rings is 2. The predicted molar refractivity (Wildman–Crippen MR) is 119 cm³/mol. The molecule has 37 heavy (non-hydrogen) atoms. The van der Waals surface area contributed by atoms with E-state index in [1.165, 1.54) is 25.4 Å². The largest absolute Gasteiger partial charge is 0.501 e. The molecule has 0 bridgehead atoms. The lowest BCUT2D eigenvalue weighted by Gasteiger charge is -2.14. The van der Waals surface area contributed by atoms with Crippen LogP contribution in [0.3, 0.4) is 0 Å². The van der Waals surface area contributed by atoms with Crippen LogP contribution in [-0.2, 0) is 27.4 Å². The number of rotatable bonds is 6. The van der Waals surface area contributed by atoms with E-state index in [1.54, 1.807) is 0 Å². The molecule has 4 aromatic rings. The summed E-state index contributed by atoms with van der Waals surface area (Å²) in [6.07, 6.45) is -3.48. The van der Waals surface area contributed by atoms with Gasteiger partial charge in [-0.3, -0.25) is 4.98 Å². The Morgan fingerprint density at radius 3 is 2.24 bits per heavy atom. The van der Waals surface area contributed by atoms with Gasteiger partial charge in [0.25, 0.3) is 9.84 Å². The Hall–Kier alpha value is -3.85. The number of benzene rings is 1. The van der Waals surface area contributed by atoms with Crippen LogP contribution < -0.4 is 5.32 Å². The van der Waals surface area contributed by atoms with Crippen molar-refractivity contribution in [3.63, 3.8) is 0 Å². The summed E-state index contributed by atoms with van der Waals surface area (Å²) < 4.78 is 107. The van der Waals surface area contributed by atoms with Gasteiger partial charge >= 0.3 is 11.7 Å². The highest BCUT2D eigenvalue weighted by Gasteiger charge is 2.46. The van der Waals surface area contributed by atoms with E-state index in [9.17, 15) is 34.8 Å². The lowest BCUT2D eigenvalue weighted by molar-refractivity contribution is -0.137. The number of anilines is 2. The maximum absolute atomic E-state index is 13.5. The van der Waals surface area contributed by atoms with Gasteiger partial charge in [0.05, 0.1) is 21.5 Å². The minimum atomic E-state index is -5.53. The van der Waals surface area contributed by atoms with E-state index in [2.05, 4.69) is 25.3 Å². The molecule has 0 aliphatic heterocycles. The lowest BCUT2D eigenvalue weighted by atomic mass is 10.1. The first-order valence-electron chi connectivity index (χ1n) is 10.2. The summed E-state index contributed by atoms with van der Waals surface area (Å²) >= 11 is 0. The molecular formula is C22H15F6N5O3S. The molecule has 0 radical (unpaired) electrons. The molecule has 0 spiro atoms. The summed E-state index contributed by atoms with van der Waals surface area (Å²) in [5.74, 6) is 0.218. The fourth-order valence-corrected chi connectivity index (χ4v) is 4.06. The van der Waals surface area contributed by atoms with E-state index >= 15 is 0 Å². The van der Waals surface area contributed by atoms with Gasteiger partial charge in [-0.15, -0.1) is 0 Å². The highest BCUT2D eigenvalue weighted by atomic mass is 32.2. The fraction of sp³-hybridized carbons (Fsp3) is 0.182. The van der Waals surface area contributed by atoms with Gasteiger partial charge < -0.3 is 10.1 Å². The molecule has 8 nitrogen and oxygen atoms in total. The number of hydrogen-bond donors (Lipinski definition) is 1. The predicted octanol–water partition coefficient (Wildman–Crippen LogP) is 5.29. The summed E-state index contributed by atoms with van der Waals surface area (Å²) in [5, 5.41) is 3.10. The third kappa shape index (κ3) is 5.32. The van der Waals surface area contributed by atoms with Gasteiger partial charge in [0, 0.05) is 19.0 Å². The number of fused-ring (bicyclic) bond motifs is 1. The fourth-order valence-electron chi connectivity index (χ4n) is 3.30. The second-order valence-electron chi connectivity index (χ2n) is 7.48. The highest BCUT2D eigenvalue weighted by Crippen LogP contribution is 2.36.